The molecule has 8 nitrogen and oxygen atoms in total. The number of fused-ring (bicyclic) bond motifs is 2. The van der Waals surface area contributed by atoms with Crippen LogP contribution in [0.4, 0.5) is 17.6 Å². The molecule has 0 bridgehead atoms. The van der Waals surface area contributed by atoms with Gasteiger partial charge in [-0.25, -0.2) is 27.1 Å². The van der Waals surface area contributed by atoms with Gasteiger partial charge in [0.1, 0.15) is 11.4 Å². The predicted molar refractivity (Wildman–Crippen MR) is 87.8 cm³/mol. The number of ether oxygens (including phenoxy) is 2. The molecule has 0 N–H and O–H groups in total. The largest absolute Gasteiger partial charge is 0.454 e. The summed E-state index contributed by atoms with van der Waals surface area (Å²) in [4.78, 5) is 3.67. The minimum atomic E-state index is -3.03. The van der Waals surface area contributed by atoms with Crippen LogP contribution in [-0.4, -0.2) is 31.6 Å². The quantitative estimate of drug-likeness (QED) is 0.472. The molecule has 0 unspecified atom stereocenters. The fraction of sp³-hybridized carbons (Fsp3) is 0.176. The normalized spacial score (nSPS) is 13.2. The van der Waals surface area contributed by atoms with Crippen molar-refractivity contribution in [3.63, 3.8) is 0 Å². The van der Waals surface area contributed by atoms with Gasteiger partial charge in [0, 0.05) is 11.6 Å². The maximum absolute atomic E-state index is 13.3. The van der Waals surface area contributed by atoms with Gasteiger partial charge in [-0.2, -0.15) is 5.10 Å². The standard InChI is InChI=1S/C17H9F4N5O3/c18-14(19)8-4-10(15(20)21)26-13(22-8)5-9(25-26)17-24-23-16(29-17)7-1-2-11-12(3-7)28-6-27-11/h1-5,14-15H,6H2. The van der Waals surface area contributed by atoms with Crippen LogP contribution < -0.4 is 9.47 Å². The van der Waals surface area contributed by atoms with Gasteiger partial charge >= 0.3 is 0 Å². The van der Waals surface area contributed by atoms with E-state index in [1.54, 1.807) is 18.2 Å². The zero-order valence-corrected chi connectivity index (χ0v) is 14.2. The Kier molecular flexibility index (Phi) is 3.86. The third-order valence-corrected chi connectivity index (χ3v) is 4.19. The van der Waals surface area contributed by atoms with E-state index >= 15 is 0 Å². The molecule has 4 aromatic rings. The maximum Gasteiger partial charge on any atom is 0.280 e. The molecule has 0 amide bonds. The number of aromatic nitrogens is 5. The van der Waals surface area contributed by atoms with Crippen LogP contribution in [0.5, 0.6) is 11.5 Å². The lowest BCUT2D eigenvalue weighted by molar-refractivity contribution is 0.135. The van der Waals surface area contributed by atoms with E-state index in [1.807, 2.05) is 0 Å². The van der Waals surface area contributed by atoms with Crippen LogP contribution in [0.1, 0.15) is 24.2 Å². The topological polar surface area (TPSA) is 87.6 Å². The van der Waals surface area contributed by atoms with E-state index in [2.05, 4.69) is 20.3 Å². The molecule has 0 radical (unpaired) electrons. The molecule has 0 atom stereocenters. The summed E-state index contributed by atoms with van der Waals surface area (Å²) >= 11 is 0. The average molecular weight is 407 g/mol. The lowest BCUT2D eigenvalue weighted by Crippen LogP contribution is -2.04. The van der Waals surface area contributed by atoms with Crippen molar-refractivity contribution in [2.75, 3.05) is 6.79 Å². The molecule has 4 heterocycles. The fourth-order valence-electron chi connectivity index (χ4n) is 2.86. The van der Waals surface area contributed by atoms with Gasteiger partial charge in [0.05, 0.1) is 0 Å². The molecule has 29 heavy (non-hydrogen) atoms. The van der Waals surface area contributed by atoms with E-state index in [0.29, 0.717) is 23.1 Å². The summed E-state index contributed by atoms with van der Waals surface area (Å²) in [5, 5.41) is 11.7. The first kappa shape index (κ1) is 17.4. The summed E-state index contributed by atoms with van der Waals surface area (Å²) in [6.07, 6.45) is -6.03. The van der Waals surface area contributed by atoms with Crippen LogP contribution in [0.3, 0.4) is 0 Å². The molecule has 0 fully saturated rings. The highest BCUT2D eigenvalue weighted by Gasteiger charge is 2.23. The number of benzene rings is 1. The van der Waals surface area contributed by atoms with E-state index in [-0.39, 0.29) is 29.9 Å². The van der Waals surface area contributed by atoms with E-state index in [4.69, 9.17) is 13.9 Å². The van der Waals surface area contributed by atoms with E-state index in [1.165, 1.54) is 6.07 Å². The van der Waals surface area contributed by atoms with Crippen molar-refractivity contribution < 1.29 is 31.5 Å². The first-order chi connectivity index (χ1) is 14.0. The molecule has 1 aliphatic rings. The molecule has 1 aliphatic heterocycles. The second kappa shape index (κ2) is 6.43. The van der Waals surface area contributed by atoms with E-state index in [9.17, 15) is 17.6 Å². The molecular weight excluding hydrogens is 398 g/mol. The summed E-state index contributed by atoms with van der Waals surface area (Å²) < 4.78 is 69.3. The Morgan fingerprint density at radius 3 is 2.48 bits per heavy atom. The molecule has 0 spiro atoms. The van der Waals surface area contributed by atoms with Crippen molar-refractivity contribution in [3.8, 4) is 34.5 Å². The highest BCUT2D eigenvalue weighted by atomic mass is 19.3. The Balaban J connectivity index is 1.55. The number of alkyl halides is 4. The van der Waals surface area contributed by atoms with E-state index < -0.39 is 24.2 Å². The SMILES string of the molecule is FC(F)c1cc(C(F)F)n2nc(-c3nnc(-c4ccc5c(c4)OCO5)o3)cc2n1. The monoisotopic (exact) mass is 407 g/mol. The highest BCUT2D eigenvalue weighted by molar-refractivity contribution is 5.62. The molecule has 3 aromatic heterocycles. The molecule has 0 aliphatic carbocycles. The van der Waals surface area contributed by atoms with Gasteiger partial charge < -0.3 is 13.9 Å². The zero-order valence-electron chi connectivity index (χ0n) is 14.2. The molecular formula is C17H9F4N5O3. The van der Waals surface area contributed by atoms with Gasteiger partial charge in [-0.3, -0.25) is 0 Å². The Bertz CT molecular complexity index is 1220. The summed E-state index contributed by atoms with van der Waals surface area (Å²) in [6, 6.07) is 6.84. The summed E-state index contributed by atoms with van der Waals surface area (Å²) in [5.74, 6) is 1.14. The molecule has 148 valence electrons. The van der Waals surface area contributed by atoms with Gasteiger partial charge in [0.2, 0.25) is 12.7 Å². The second-order valence-corrected chi connectivity index (χ2v) is 5.99. The Hall–Kier alpha value is -3.70. The van der Waals surface area contributed by atoms with Crippen LogP contribution in [0.25, 0.3) is 28.7 Å². The van der Waals surface area contributed by atoms with Gasteiger partial charge in [-0.05, 0) is 24.3 Å². The third kappa shape index (κ3) is 2.92. The van der Waals surface area contributed by atoms with Crippen LogP contribution in [-0.2, 0) is 0 Å². The summed E-state index contributed by atoms with van der Waals surface area (Å²) in [5.41, 5.74) is -1.11. The van der Waals surface area contributed by atoms with Gasteiger partial charge in [0.25, 0.3) is 18.7 Å². The van der Waals surface area contributed by atoms with Crippen molar-refractivity contribution in [1.82, 2.24) is 24.8 Å². The number of hydrogen-bond donors (Lipinski definition) is 0. The predicted octanol–water partition coefficient (Wildman–Crippen LogP) is 4.05. The van der Waals surface area contributed by atoms with Gasteiger partial charge in [-0.1, -0.05) is 0 Å². The van der Waals surface area contributed by atoms with Crippen molar-refractivity contribution in [1.29, 1.82) is 0 Å². The van der Waals surface area contributed by atoms with Gasteiger partial charge in [0.15, 0.2) is 22.8 Å². The number of hydrogen-bond acceptors (Lipinski definition) is 7. The van der Waals surface area contributed by atoms with Crippen LogP contribution in [0.2, 0.25) is 0 Å². The van der Waals surface area contributed by atoms with E-state index in [0.717, 1.165) is 4.52 Å². The highest BCUT2D eigenvalue weighted by Crippen LogP contribution is 2.36. The number of rotatable bonds is 4. The Morgan fingerprint density at radius 1 is 0.897 bits per heavy atom. The summed E-state index contributed by atoms with van der Waals surface area (Å²) in [6.45, 7) is 0.106. The van der Waals surface area contributed by atoms with Gasteiger partial charge in [-0.15, -0.1) is 10.2 Å². The van der Waals surface area contributed by atoms with Crippen LogP contribution >= 0.6 is 0 Å². The van der Waals surface area contributed by atoms with Crippen LogP contribution in [0, 0.1) is 0 Å². The first-order valence-corrected chi connectivity index (χ1v) is 8.20. The van der Waals surface area contributed by atoms with Crippen molar-refractivity contribution in [3.05, 3.63) is 41.7 Å². The Labute approximate surface area is 158 Å². The average Bonchev–Trinajstić information content (AvgIpc) is 3.43. The summed E-state index contributed by atoms with van der Waals surface area (Å²) in [7, 11) is 0. The molecule has 1 aromatic carbocycles. The van der Waals surface area contributed by atoms with Crippen molar-refractivity contribution in [2.24, 2.45) is 0 Å². The van der Waals surface area contributed by atoms with Crippen molar-refractivity contribution in [2.45, 2.75) is 12.9 Å². The zero-order chi connectivity index (χ0) is 20.1. The smallest absolute Gasteiger partial charge is 0.280 e. The Morgan fingerprint density at radius 2 is 1.69 bits per heavy atom. The molecule has 5 rings (SSSR count). The third-order valence-electron chi connectivity index (χ3n) is 4.19. The van der Waals surface area contributed by atoms with Crippen molar-refractivity contribution >= 4 is 5.65 Å². The first-order valence-electron chi connectivity index (χ1n) is 8.20. The maximum atomic E-state index is 13.3. The lowest BCUT2D eigenvalue weighted by atomic mass is 10.2. The molecule has 12 heteroatoms. The molecule has 0 saturated carbocycles. The number of nitrogens with zero attached hydrogens (tertiary/aromatic N) is 5. The minimum Gasteiger partial charge on any atom is -0.454 e. The molecule has 0 saturated heterocycles. The minimum absolute atomic E-state index is 0.0188. The number of halogens is 4. The second-order valence-electron chi connectivity index (χ2n) is 5.99. The fourth-order valence-corrected chi connectivity index (χ4v) is 2.86. The lowest BCUT2D eigenvalue weighted by Gasteiger charge is -2.06. The van der Waals surface area contributed by atoms with Crippen LogP contribution in [0.15, 0.2) is 34.7 Å².